The summed E-state index contributed by atoms with van der Waals surface area (Å²) < 4.78 is 13.2. The summed E-state index contributed by atoms with van der Waals surface area (Å²) in [6, 6.07) is 25.1. The summed E-state index contributed by atoms with van der Waals surface area (Å²) in [4.78, 5) is 16.5. The van der Waals surface area contributed by atoms with Gasteiger partial charge in [0, 0.05) is 11.8 Å². The van der Waals surface area contributed by atoms with Crippen LogP contribution in [-0.4, -0.2) is 33.4 Å². The molecule has 0 fully saturated rings. The Hall–Kier alpha value is -4.13. The molecular formula is C25H24N4O3. The molecule has 0 unspecified atom stereocenters. The molecular weight excluding hydrogens is 404 g/mol. The van der Waals surface area contributed by atoms with E-state index in [2.05, 4.69) is 27.5 Å². The van der Waals surface area contributed by atoms with Crippen LogP contribution in [0.5, 0.6) is 11.5 Å². The minimum absolute atomic E-state index is 0.239. The van der Waals surface area contributed by atoms with Gasteiger partial charge in [0.25, 0.3) is 5.91 Å². The Morgan fingerprint density at radius 1 is 0.969 bits per heavy atom. The monoisotopic (exact) mass is 428 g/mol. The molecule has 7 heteroatoms. The Kier molecular flexibility index (Phi) is 6.77. The van der Waals surface area contributed by atoms with Crippen LogP contribution >= 0.6 is 0 Å². The van der Waals surface area contributed by atoms with Crippen LogP contribution in [0.4, 0.5) is 5.69 Å². The van der Waals surface area contributed by atoms with E-state index in [1.807, 2.05) is 60.7 Å². The fraction of sp³-hybridized carbons (Fsp3) is 0.160. The average Bonchev–Trinajstić information content (AvgIpc) is 3.34. The van der Waals surface area contributed by atoms with E-state index >= 15 is 0 Å². The number of nitrogens with one attached hydrogen (secondary N) is 1. The highest BCUT2D eigenvalue weighted by Crippen LogP contribution is 2.23. The van der Waals surface area contributed by atoms with Gasteiger partial charge in [-0.1, -0.05) is 48.5 Å². The van der Waals surface area contributed by atoms with E-state index in [-0.39, 0.29) is 5.91 Å². The number of hydrogen-bond donors (Lipinski definition) is 1. The second-order valence-corrected chi connectivity index (χ2v) is 7.17. The SMILES string of the molecule is C[C@H](Oc1ccc(-c2ccccc2)cc1)C(=O)Nc1cccc(OCCn2cncn2)c1. The van der Waals surface area contributed by atoms with Gasteiger partial charge in [0.05, 0.1) is 6.54 Å². The lowest BCUT2D eigenvalue weighted by atomic mass is 10.1. The van der Waals surface area contributed by atoms with Gasteiger partial charge in [-0.2, -0.15) is 5.10 Å². The number of carbonyl (C=O) groups excluding carboxylic acids is 1. The first-order valence-corrected chi connectivity index (χ1v) is 10.4. The van der Waals surface area contributed by atoms with Crippen LogP contribution in [0, 0.1) is 0 Å². The molecule has 1 atom stereocenters. The van der Waals surface area contributed by atoms with Gasteiger partial charge in [-0.05, 0) is 42.3 Å². The second kappa shape index (κ2) is 10.3. The first-order valence-electron chi connectivity index (χ1n) is 10.4. The van der Waals surface area contributed by atoms with Crippen LogP contribution < -0.4 is 14.8 Å². The Morgan fingerprint density at radius 3 is 2.50 bits per heavy atom. The number of aromatic nitrogens is 3. The zero-order valence-corrected chi connectivity index (χ0v) is 17.7. The van der Waals surface area contributed by atoms with E-state index in [4.69, 9.17) is 9.47 Å². The molecule has 0 spiro atoms. The van der Waals surface area contributed by atoms with Crippen molar-refractivity contribution in [2.75, 3.05) is 11.9 Å². The molecule has 7 nitrogen and oxygen atoms in total. The summed E-state index contributed by atoms with van der Waals surface area (Å²) in [5.74, 6) is 1.06. The number of amides is 1. The Morgan fingerprint density at radius 2 is 1.75 bits per heavy atom. The van der Waals surface area contributed by atoms with Crippen molar-refractivity contribution in [2.24, 2.45) is 0 Å². The molecule has 4 rings (SSSR count). The number of nitrogens with zero attached hydrogens (tertiary/aromatic N) is 3. The molecule has 1 aromatic heterocycles. The summed E-state index contributed by atoms with van der Waals surface area (Å²) in [5.41, 5.74) is 2.87. The lowest BCUT2D eigenvalue weighted by Crippen LogP contribution is -2.30. The highest BCUT2D eigenvalue weighted by atomic mass is 16.5. The third-order valence-corrected chi connectivity index (χ3v) is 4.80. The summed E-state index contributed by atoms with van der Waals surface area (Å²) >= 11 is 0. The van der Waals surface area contributed by atoms with Gasteiger partial charge in [0.1, 0.15) is 30.8 Å². The van der Waals surface area contributed by atoms with Crippen LogP contribution in [-0.2, 0) is 11.3 Å². The average molecular weight is 428 g/mol. The first-order chi connectivity index (χ1) is 15.7. The molecule has 4 aromatic rings. The topological polar surface area (TPSA) is 78.3 Å². The van der Waals surface area contributed by atoms with Crippen molar-refractivity contribution in [3.8, 4) is 22.6 Å². The molecule has 3 aromatic carbocycles. The maximum absolute atomic E-state index is 12.6. The third kappa shape index (κ3) is 5.72. The van der Waals surface area contributed by atoms with Crippen LogP contribution in [0.2, 0.25) is 0 Å². The molecule has 0 bridgehead atoms. The van der Waals surface area contributed by atoms with Gasteiger partial charge < -0.3 is 14.8 Å². The van der Waals surface area contributed by atoms with Crippen LogP contribution in [0.1, 0.15) is 6.92 Å². The van der Waals surface area contributed by atoms with Crippen molar-refractivity contribution in [2.45, 2.75) is 19.6 Å². The predicted molar refractivity (Wildman–Crippen MR) is 123 cm³/mol. The van der Waals surface area contributed by atoms with Crippen molar-refractivity contribution < 1.29 is 14.3 Å². The van der Waals surface area contributed by atoms with Crippen LogP contribution in [0.15, 0.2) is 91.5 Å². The molecule has 0 saturated carbocycles. The van der Waals surface area contributed by atoms with Gasteiger partial charge in [-0.3, -0.25) is 4.79 Å². The number of anilines is 1. The predicted octanol–water partition coefficient (Wildman–Crippen LogP) is 4.43. The number of rotatable bonds is 9. The lowest BCUT2D eigenvalue weighted by Gasteiger charge is -2.15. The van der Waals surface area contributed by atoms with Crippen molar-refractivity contribution in [3.05, 3.63) is 91.5 Å². The number of carbonyl (C=O) groups is 1. The molecule has 32 heavy (non-hydrogen) atoms. The summed E-state index contributed by atoms with van der Waals surface area (Å²) in [7, 11) is 0. The largest absolute Gasteiger partial charge is 0.492 e. The quantitative estimate of drug-likeness (QED) is 0.427. The number of hydrogen-bond acceptors (Lipinski definition) is 5. The van der Waals surface area contributed by atoms with E-state index in [9.17, 15) is 4.79 Å². The summed E-state index contributed by atoms with van der Waals surface area (Å²) in [6.07, 6.45) is 2.46. The summed E-state index contributed by atoms with van der Waals surface area (Å²) in [5, 5.41) is 6.90. The maximum Gasteiger partial charge on any atom is 0.265 e. The van der Waals surface area contributed by atoms with Crippen LogP contribution in [0.25, 0.3) is 11.1 Å². The van der Waals surface area contributed by atoms with E-state index in [0.29, 0.717) is 30.3 Å². The minimum Gasteiger partial charge on any atom is -0.492 e. The van der Waals surface area contributed by atoms with Crippen molar-refractivity contribution in [1.29, 1.82) is 0 Å². The molecule has 1 heterocycles. The van der Waals surface area contributed by atoms with Crippen molar-refractivity contribution in [3.63, 3.8) is 0 Å². The Bertz CT molecular complexity index is 1130. The van der Waals surface area contributed by atoms with E-state index in [1.165, 1.54) is 6.33 Å². The molecule has 0 aliphatic carbocycles. The molecule has 1 amide bonds. The zero-order chi connectivity index (χ0) is 22.2. The fourth-order valence-corrected chi connectivity index (χ4v) is 3.13. The van der Waals surface area contributed by atoms with Gasteiger partial charge in [0.15, 0.2) is 6.10 Å². The van der Waals surface area contributed by atoms with Crippen molar-refractivity contribution in [1.82, 2.24) is 14.8 Å². The fourth-order valence-electron chi connectivity index (χ4n) is 3.13. The lowest BCUT2D eigenvalue weighted by molar-refractivity contribution is -0.122. The smallest absolute Gasteiger partial charge is 0.265 e. The highest BCUT2D eigenvalue weighted by molar-refractivity contribution is 5.94. The minimum atomic E-state index is -0.658. The summed E-state index contributed by atoms with van der Waals surface area (Å²) in [6.45, 7) is 2.75. The molecule has 0 aliphatic rings. The third-order valence-electron chi connectivity index (χ3n) is 4.80. The normalized spacial score (nSPS) is 11.5. The maximum atomic E-state index is 12.6. The molecule has 1 N–H and O–H groups in total. The second-order valence-electron chi connectivity index (χ2n) is 7.17. The van der Waals surface area contributed by atoms with Gasteiger partial charge in [-0.25, -0.2) is 9.67 Å². The first kappa shape index (κ1) is 21.1. The van der Waals surface area contributed by atoms with Gasteiger partial charge >= 0.3 is 0 Å². The molecule has 0 saturated heterocycles. The highest BCUT2D eigenvalue weighted by Gasteiger charge is 2.15. The van der Waals surface area contributed by atoms with E-state index in [0.717, 1.165) is 11.1 Å². The Labute approximate surface area is 186 Å². The zero-order valence-electron chi connectivity index (χ0n) is 17.7. The molecule has 162 valence electrons. The number of ether oxygens (including phenoxy) is 2. The molecule has 0 radical (unpaired) electrons. The standard InChI is InChI=1S/C25H24N4O3/c1-19(32-23-12-10-21(11-13-23)20-6-3-2-4-7-20)25(30)28-22-8-5-9-24(16-22)31-15-14-29-18-26-17-27-29/h2-13,16-19H,14-15H2,1H3,(H,28,30)/t19-/m0/s1. The Balaban J connectivity index is 1.29. The van der Waals surface area contributed by atoms with Gasteiger partial charge in [0.2, 0.25) is 0 Å². The van der Waals surface area contributed by atoms with E-state index in [1.54, 1.807) is 24.0 Å². The van der Waals surface area contributed by atoms with Crippen LogP contribution in [0.3, 0.4) is 0 Å². The number of benzene rings is 3. The molecule has 0 aliphatic heterocycles. The van der Waals surface area contributed by atoms with E-state index < -0.39 is 6.10 Å². The van der Waals surface area contributed by atoms with Crippen molar-refractivity contribution >= 4 is 11.6 Å². The van der Waals surface area contributed by atoms with Gasteiger partial charge in [-0.15, -0.1) is 0 Å².